The lowest BCUT2D eigenvalue weighted by Gasteiger charge is -2.04. The molecule has 0 bridgehead atoms. The number of thiazole rings is 1. The Morgan fingerprint density at radius 2 is 2.20 bits per heavy atom. The van der Waals surface area contributed by atoms with Crippen LogP contribution in [0.1, 0.15) is 16.3 Å². The molecular formula is C12H14N2S. The largest absolute Gasteiger partial charge is 0.379 e. The minimum absolute atomic E-state index is 0.808. The predicted molar refractivity (Wildman–Crippen MR) is 65.4 cm³/mol. The second-order valence-electron chi connectivity index (χ2n) is 3.61. The van der Waals surface area contributed by atoms with Gasteiger partial charge in [-0.2, -0.15) is 0 Å². The van der Waals surface area contributed by atoms with E-state index in [2.05, 4.69) is 46.9 Å². The van der Waals surface area contributed by atoms with Crippen molar-refractivity contribution in [2.75, 3.05) is 5.32 Å². The molecule has 15 heavy (non-hydrogen) atoms. The summed E-state index contributed by atoms with van der Waals surface area (Å²) in [6.07, 6.45) is 0. The third-order valence-corrected chi connectivity index (χ3v) is 3.10. The van der Waals surface area contributed by atoms with Crippen molar-refractivity contribution in [1.82, 2.24) is 4.98 Å². The average molecular weight is 218 g/mol. The Bertz CT molecular complexity index is 448. The quantitative estimate of drug-likeness (QED) is 0.854. The molecule has 0 aliphatic carbocycles. The lowest BCUT2D eigenvalue weighted by Crippen LogP contribution is -1.98. The fourth-order valence-electron chi connectivity index (χ4n) is 1.42. The Labute approximate surface area is 94.0 Å². The van der Waals surface area contributed by atoms with E-state index in [-0.39, 0.29) is 0 Å². The fourth-order valence-corrected chi connectivity index (χ4v) is 2.13. The molecular weight excluding hydrogens is 204 g/mol. The molecule has 78 valence electrons. The summed E-state index contributed by atoms with van der Waals surface area (Å²) in [7, 11) is 0. The van der Waals surface area contributed by atoms with Crippen molar-refractivity contribution in [2.45, 2.75) is 20.4 Å². The summed E-state index contributed by atoms with van der Waals surface area (Å²) in [5, 5.41) is 6.57. The third kappa shape index (κ3) is 2.80. The monoisotopic (exact) mass is 218 g/mol. The SMILES string of the molecule is Cc1cccc(NCc2nc(C)cs2)c1. The molecule has 0 saturated carbocycles. The van der Waals surface area contributed by atoms with E-state index in [9.17, 15) is 0 Å². The number of nitrogens with zero attached hydrogens (tertiary/aromatic N) is 1. The molecule has 1 N–H and O–H groups in total. The van der Waals surface area contributed by atoms with Gasteiger partial charge in [-0.1, -0.05) is 12.1 Å². The highest BCUT2D eigenvalue weighted by Gasteiger charge is 1.98. The molecule has 3 heteroatoms. The maximum absolute atomic E-state index is 4.40. The molecule has 0 saturated heterocycles. The Hall–Kier alpha value is -1.35. The molecule has 0 unspecified atom stereocenters. The summed E-state index contributed by atoms with van der Waals surface area (Å²) in [6, 6.07) is 8.37. The van der Waals surface area contributed by atoms with Crippen LogP contribution < -0.4 is 5.32 Å². The van der Waals surface area contributed by atoms with Gasteiger partial charge >= 0.3 is 0 Å². The summed E-state index contributed by atoms with van der Waals surface area (Å²) in [4.78, 5) is 4.40. The number of aryl methyl sites for hydroxylation is 2. The lowest BCUT2D eigenvalue weighted by molar-refractivity contribution is 1.07. The number of anilines is 1. The Balaban J connectivity index is 1.99. The molecule has 0 aliphatic rings. The van der Waals surface area contributed by atoms with Gasteiger partial charge in [0, 0.05) is 16.8 Å². The van der Waals surface area contributed by atoms with Gasteiger partial charge < -0.3 is 5.32 Å². The number of nitrogens with one attached hydrogen (secondary N) is 1. The number of hydrogen-bond donors (Lipinski definition) is 1. The number of aromatic nitrogens is 1. The highest BCUT2D eigenvalue weighted by Crippen LogP contribution is 2.13. The molecule has 1 heterocycles. The van der Waals surface area contributed by atoms with E-state index in [4.69, 9.17) is 0 Å². The first kappa shape index (κ1) is 10.2. The normalized spacial score (nSPS) is 10.3. The minimum atomic E-state index is 0.808. The maximum Gasteiger partial charge on any atom is 0.112 e. The van der Waals surface area contributed by atoms with E-state index in [0.29, 0.717) is 0 Å². The molecule has 2 rings (SSSR count). The molecule has 0 atom stereocenters. The molecule has 0 radical (unpaired) electrons. The minimum Gasteiger partial charge on any atom is -0.379 e. The highest BCUT2D eigenvalue weighted by atomic mass is 32.1. The smallest absolute Gasteiger partial charge is 0.112 e. The van der Waals surface area contributed by atoms with Crippen molar-refractivity contribution < 1.29 is 0 Å². The summed E-state index contributed by atoms with van der Waals surface area (Å²) in [6.45, 7) is 4.92. The van der Waals surface area contributed by atoms with E-state index in [0.717, 1.165) is 22.9 Å². The summed E-state index contributed by atoms with van der Waals surface area (Å²) >= 11 is 1.70. The van der Waals surface area contributed by atoms with Gasteiger partial charge in [0.2, 0.25) is 0 Å². The van der Waals surface area contributed by atoms with E-state index < -0.39 is 0 Å². The van der Waals surface area contributed by atoms with Gasteiger partial charge in [-0.05, 0) is 31.5 Å². The van der Waals surface area contributed by atoms with Crippen LogP contribution in [0.3, 0.4) is 0 Å². The fraction of sp³-hybridized carbons (Fsp3) is 0.250. The van der Waals surface area contributed by atoms with E-state index in [1.807, 2.05) is 6.92 Å². The van der Waals surface area contributed by atoms with Gasteiger partial charge in [0.25, 0.3) is 0 Å². The van der Waals surface area contributed by atoms with Gasteiger partial charge in [-0.15, -0.1) is 11.3 Å². The predicted octanol–water partition coefficient (Wildman–Crippen LogP) is 3.37. The van der Waals surface area contributed by atoms with Crippen LogP contribution in [0.4, 0.5) is 5.69 Å². The molecule has 2 nitrogen and oxygen atoms in total. The Morgan fingerprint density at radius 1 is 1.33 bits per heavy atom. The maximum atomic E-state index is 4.40. The summed E-state index contributed by atoms with van der Waals surface area (Å²) in [5.41, 5.74) is 3.53. The zero-order chi connectivity index (χ0) is 10.7. The number of rotatable bonds is 3. The molecule has 0 amide bonds. The zero-order valence-electron chi connectivity index (χ0n) is 8.95. The van der Waals surface area contributed by atoms with E-state index >= 15 is 0 Å². The first-order valence-corrected chi connectivity index (χ1v) is 5.83. The molecule has 0 fully saturated rings. The molecule has 2 aromatic rings. The standard InChI is InChI=1S/C12H14N2S/c1-9-4-3-5-11(6-9)13-7-12-14-10(2)8-15-12/h3-6,8,13H,7H2,1-2H3. The van der Waals surface area contributed by atoms with Gasteiger partial charge in [-0.25, -0.2) is 4.98 Å². The van der Waals surface area contributed by atoms with Crippen LogP contribution in [0.15, 0.2) is 29.6 Å². The van der Waals surface area contributed by atoms with Crippen LogP contribution in [0.5, 0.6) is 0 Å². The van der Waals surface area contributed by atoms with Crippen molar-refractivity contribution in [3.63, 3.8) is 0 Å². The van der Waals surface area contributed by atoms with Gasteiger partial charge in [-0.3, -0.25) is 0 Å². The second-order valence-corrected chi connectivity index (χ2v) is 4.55. The second kappa shape index (κ2) is 4.45. The van der Waals surface area contributed by atoms with Gasteiger partial charge in [0.15, 0.2) is 0 Å². The van der Waals surface area contributed by atoms with Crippen molar-refractivity contribution in [3.8, 4) is 0 Å². The molecule has 0 spiro atoms. The summed E-state index contributed by atoms with van der Waals surface area (Å²) < 4.78 is 0. The van der Waals surface area contributed by atoms with Crippen LogP contribution in [0, 0.1) is 13.8 Å². The first-order valence-electron chi connectivity index (χ1n) is 4.95. The third-order valence-electron chi connectivity index (χ3n) is 2.13. The van der Waals surface area contributed by atoms with Crippen LogP contribution in [-0.2, 0) is 6.54 Å². The molecule has 0 aliphatic heterocycles. The number of benzene rings is 1. The Morgan fingerprint density at radius 3 is 2.87 bits per heavy atom. The van der Waals surface area contributed by atoms with Crippen molar-refractivity contribution >= 4 is 17.0 Å². The van der Waals surface area contributed by atoms with Crippen LogP contribution in [-0.4, -0.2) is 4.98 Å². The van der Waals surface area contributed by atoms with Crippen LogP contribution >= 0.6 is 11.3 Å². The Kier molecular flexibility index (Phi) is 3.02. The van der Waals surface area contributed by atoms with Crippen molar-refractivity contribution in [1.29, 1.82) is 0 Å². The average Bonchev–Trinajstić information content (AvgIpc) is 2.62. The van der Waals surface area contributed by atoms with Gasteiger partial charge in [0.1, 0.15) is 5.01 Å². The van der Waals surface area contributed by atoms with Crippen molar-refractivity contribution in [2.24, 2.45) is 0 Å². The zero-order valence-corrected chi connectivity index (χ0v) is 9.77. The molecule has 1 aromatic heterocycles. The van der Waals surface area contributed by atoms with E-state index in [1.165, 1.54) is 5.56 Å². The van der Waals surface area contributed by atoms with Crippen LogP contribution in [0.2, 0.25) is 0 Å². The van der Waals surface area contributed by atoms with Crippen LogP contribution in [0.25, 0.3) is 0 Å². The number of hydrogen-bond acceptors (Lipinski definition) is 3. The first-order chi connectivity index (χ1) is 7.24. The highest BCUT2D eigenvalue weighted by molar-refractivity contribution is 7.09. The summed E-state index contributed by atoms with van der Waals surface area (Å²) in [5.74, 6) is 0. The van der Waals surface area contributed by atoms with Crippen molar-refractivity contribution in [3.05, 3.63) is 45.9 Å². The van der Waals surface area contributed by atoms with Gasteiger partial charge in [0.05, 0.1) is 6.54 Å². The topological polar surface area (TPSA) is 24.9 Å². The van der Waals surface area contributed by atoms with E-state index in [1.54, 1.807) is 11.3 Å². The lowest BCUT2D eigenvalue weighted by atomic mass is 10.2. The molecule has 1 aromatic carbocycles.